The molecule has 2 aromatic carbocycles. The van der Waals surface area contributed by atoms with Crippen LogP contribution >= 0.6 is 23.2 Å². The quantitative estimate of drug-likeness (QED) is 0.580. The van der Waals surface area contributed by atoms with E-state index < -0.39 is 0 Å². The van der Waals surface area contributed by atoms with Gasteiger partial charge in [0.05, 0.1) is 34.7 Å². The molecular formula is C21H20Cl2N2O3. The van der Waals surface area contributed by atoms with Crippen LogP contribution in [-0.2, 0) is 0 Å². The minimum Gasteiger partial charge on any atom is -0.493 e. The average Bonchev–Trinajstić information content (AvgIpc) is 2.67. The predicted molar refractivity (Wildman–Crippen MR) is 115 cm³/mol. The fourth-order valence-corrected chi connectivity index (χ4v) is 3.29. The van der Waals surface area contributed by atoms with E-state index in [0.717, 1.165) is 12.0 Å². The first-order valence-corrected chi connectivity index (χ1v) is 9.57. The van der Waals surface area contributed by atoms with E-state index in [4.69, 9.17) is 32.7 Å². The van der Waals surface area contributed by atoms with Crippen LogP contribution in [0.3, 0.4) is 0 Å². The Morgan fingerprint density at radius 3 is 2.82 bits per heavy atom. The lowest BCUT2D eigenvalue weighted by atomic mass is 10.1. The molecule has 3 aromatic rings. The molecule has 0 saturated heterocycles. The largest absolute Gasteiger partial charge is 0.493 e. The summed E-state index contributed by atoms with van der Waals surface area (Å²) in [5.41, 5.74) is 1.97. The van der Waals surface area contributed by atoms with Crippen LogP contribution in [0.15, 0.2) is 35.1 Å². The Morgan fingerprint density at radius 1 is 1.32 bits per heavy atom. The van der Waals surface area contributed by atoms with Crippen molar-refractivity contribution in [2.24, 2.45) is 0 Å². The number of aryl methyl sites for hydroxylation is 1. The maximum absolute atomic E-state index is 12.4. The summed E-state index contributed by atoms with van der Waals surface area (Å²) >= 11 is 12.8. The van der Waals surface area contributed by atoms with Crippen molar-refractivity contribution in [3.63, 3.8) is 0 Å². The van der Waals surface area contributed by atoms with Crippen LogP contribution in [0.4, 0.5) is 0 Å². The minimum absolute atomic E-state index is 0.242. The number of hydrogen-bond acceptors (Lipinski definition) is 4. The molecule has 0 aliphatic carbocycles. The first-order valence-electron chi connectivity index (χ1n) is 8.82. The Kier molecular flexibility index (Phi) is 6.27. The van der Waals surface area contributed by atoms with Crippen molar-refractivity contribution < 1.29 is 9.47 Å². The number of H-pyrrole nitrogens is 1. The third kappa shape index (κ3) is 4.16. The van der Waals surface area contributed by atoms with E-state index >= 15 is 0 Å². The first kappa shape index (κ1) is 20.2. The summed E-state index contributed by atoms with van der Waals surface area (Å²) in [5.74, 6) is 1.29. The number of benzene rings is 2. The molecule has 28 heavy (non-hydrogen) atoms. The molecule has 1 heterocycles. The van der Waals surface area contributed by atoms with Crippen LogP contribution in [0.5, 0.6) is 11.5 Å². The lowest BCUT2D eigenvalue weighted by Crippen LogP contribution is -2.11. The molecule has 0 unspecified atom stereocenters. The monoisotopic (exact) mass is 418 g/mol. The third-order valence-corrected chi connectivity index (χ3v) is 4.73. The van der Waals surface area contributed by atoms with Crippen LogP contribution in [0.1, 0.15) is 30.3 Å². The zero-order valence-electron chi connectivity index (χ0n) is 15.8. The van der Waals surface area contributed by atoms with Crippen LogP contribution < -0.4 is 15.0 Å². The van der Waals surface area contributed by atoms with Crippen molar-refractivity contribution in [1.29, 1.82) is 0 Å². The van der Waals surface area contributed by atoms with Crippen molar-refractivity contribution >= 4 is 45.2 Å². The van der Waals surface area contributed by atoms with Gasteiger partial charge >= 0.3 is 0 Å². The van der Waals surface area contributed by atoms with Crippen LogP contribution in [0.2, 0.25) is 5.02 Å². The zero-order valence-corrected chi connectivity index (χ0v) is 17.3. The second-order valence-electron chi connectivity index (χ2n) is 6.26. The maximum atomic E-state index is 12.4. The maximum Gasteiger partial charge on any atom is 0.259 e. The van der Waals surface area contributed by atoms with Gasteiger partial charge in [-0.15, -0.1) is 0 Å². The predicted octanol–water partition coefficient (Wildman–Crippen LogP) is 5.42. The van der Waals surface area contributed by atoms with Crippen LogP contribution in [0, 0.1) is 6.92 Å². The summed E-state index contributed by atoms with van der Waals surface area (Å²) in [5, 5.41) is 1.22. The topological polar surface area (TPSA) is 64.2 Å². The van der Waals surface area contributed by atoms with Crippen molar-refractivity contribution in [3.05, 3.63) is 62.7 Å². The number of hydrogen-bond donors (Lipinski definition) is 1. The van der Waals surface area contributed by atoms with E-state index in [1.165, 1.54) is 0 Å². The van der Waals surface area contributed by atoms with E-state index in [2.05, 4.69) is 9.97 Å². The summed E-state index contributed by atoms with van der Waals surface area (Å²) in [7, 11) is 1.55. The van der Waals surface area contributed by atoms with Gasteiger partial charge in [0.25, 0.3) is 5.56 Å². The number of aromatic amines is 1. The second kappa shape index (κ2) is 8.67. The normalized spacial score (nSPS) is 11.7. The van der Waals surface area contributed by atoms with Gasteiger partial charge in [0.1, 0.15) is 0 Å². The minimum atomic E-state index is -0.242. The van der Waals surface area contributed by atoms with Crippen LogP contribution in [0.25, 0.3) is 22.0 Å². The smallest absolute Gasteiger partial charge is 0.259 e. The molecule has 0 aliphatic rings. The molecule has 7 heteroatoms. The standard InChI is InChI=1S/C21H20Cl2N2O3/c1-4-8-28-19-15(22)9-13(11-17(19)27-3)10-16(23)20-24-18-12(2)6-5-7-14(18)21(26)25-20/h5-7,9-11H,4,8H2,1-3H3,(H,24,25,26)/b16-10-. The highest BCUT2D eigenvalue weighted by atomic mass is 35.5. The lowest BCUT2D eigenvalue weighted by Gasteiger charge is -2.13. The highest BCUT2D eigenvalue weighted by molar-refractivity contribution is 6.50. The number of nitrogens with one attached hydrogen (secondary N) is 1. The van der Waals surface area contributed by atoms with Gasteiger partial charge < -0.3 is 14.5 Å². The Labute approximate surface area is 172 Å². The molecule has 1 aromatic heterocycles. The fourth-order valence-electron chi connectivity index (χ4n) is 2.80. The van der Waals surface area contributed by atoms with Gasteiger partial charge in [-0.25, -0.2) is 4.98 Å². The van der Waals surface area contributed by atoms with Crippen molar-refractivity contribution in [2.45, 2.75) is 20.3 Å². The molecule has 3 rings (SSSR count). The summed E-state index contributed by atoms with van der Waals surface area (Å²) in [6, 6.07) is 8.94. The molecule has 5 nitrogen and oxygen atoms in total. The SMILES string of the molecule is CCCOc1c(Cl)cc(/C=C(\Cl)c2nc3c(C)cccc3c(=O)[nH]2)cc1OC. The highest BCUT2D eigenvalue weighted by Gasteiger charge is 2.13. The second-order valence-corrected chi connectivity index (χ2v) is 7.07. The number of aromatic nitrogens is 2. The Hall–Kier alpha value is -2.50. The number of para-hydroxylation sites is 1. The van der Waals surface area contributed by atoms with E-state index in [1.54, 1.807) is 31.4 Å². The van der Waals surface area contributed by atoms with Gasteiger partial charge in [0.15, 0.2) is 17.3 Å². The van der Waals surface area contributed by atoms with Crippen molar-refractivity contribution in [3.8, 4) is 11.5 Å². The molecule has 1 N–H and O–H groups in total. The molecule has 0 aliphatic heterocycles. The molecule has 0 amide bonds. The molecule has 0 radical (unpaired) electrons. The summed E-state index contributed by atoms with van der Waals surface area (Å²) in [6.45, 7) is 4.44. The Bertz CT molecular complexity index is 1110. The lowest BCUT2D eigenvalue weighted by molar-refractivity contribution is 0.294. The van der Waals surface area contributed by atoms with Crippen LogP contribution in [-0.4, -0.2) is 23.7 Å². The summed E-state index contributed by atoms with van der Waals surface area (Å²) in [6.07, 6.45) is 2.52. The van der Waals surface area contributed by atoms with Gasteiger partial charge in [-0.2, -0.15) is 0 Å². The summed E-state index contributed by atoms with van der Waals surface area (Å²) < 4.78 is 11.0. The van der Waals surface area contributed by atoms with Gasteiger partial charge in [-0.3, -0.25) is 4.79 Å². The molecule has 0 spiro atoms. The first-order chi connectivity index (χ1) is 13.4. The van der Waals surface area contributed by atoms with Gasteiger partial charge in [0.2, 0.25) is 0 Å². The number of halogens is 2. The van der Waals surface area contributed by atoms with Gasteiger partial charge in [-0.1, -0.05) is 42.3 Å². The molecular weight excluding hydrogens is 399 g/mol. The number of methoxy groups -OCH3 is 1. The van der Waals surface area contributed by atoms with E-state index in [0.29, 0.717) is 39.6 Å². The molecule has 0 bridgehead atoms. The number of fused-ring (bicyclic) bond motifs is 1. The van der Waals surface area contributed by atoms with E-state index in [-0.39, 0.29) is 16.4 Å². The van der Waals surface area contributed by atoms with Gasteiger partial charge in [-0.05, 0) is 48.7 Å². The number of rotatable bonds is 6. The summed E-state index contributed by atoms with van der Waals surface area (Å²) in [4.78, 5) is 19.6. The molecule has 146 valence electrons. The fraction of sp³-hybridized carbons (Fsp3) is 0.238. The molecule has 0 atom stereocenters. The van der Waals surface area contributed by atoms with E-state index in [1.807, 2.05) is 26.0 Å². The molecule has 0 fully saturated rings. The van der Waals surface area contributed by atoms with Gasteiger partial charge in [0, 0.05) is 0 Å². The third-order valence-electron chi connectivity index (χ3n) is 4.16. The number of ether oxygens (including phenoxy) is 2. The Morgan fingerprint density at radius 2 is 2.11 bits per heavy atom. The number of nitrogens with zero attached hydrogens (tertiary/aromatic N) is 1. The van der Waals surface area contributed by atoms with E-state index in [9.17, 15) is 4.79 Å². The average molecular weight is 419 g/mol. The molecule has 0 saturated carbocycles. The Balaban J connectivity index is 2.04. The zero-order chi connectivity index (χ0) is 20.3. The highest BCUT2D eigenvalue weighted by Crippen LogP contribution is 2.37. The van der Waals surface area contributed by atoms with Crippen molar-refractivity contribution in [1.82, 2.24) is 9.97 Å². The van der Waals surface area contributed by atoms with Crippen molar-refractivity contribution in [2.75, 3.05) is 13.7 Å².